The van der Waals surface area contributed by atoms with Crippen LogP contribution >= 0.6 is 11.8 Å². The van der Waals surface area contributed by atoms with Crippen LogP contribution in [0, 0.1) is 17.5 Å². The Bertz CT molecular complexity index is 1100. The van der Waals surface area contributed by atoms with Crippen LogP contribution in [0.2, 0.25) is 0 Å². The van der Waals surface area contributed by atoms with E-state index in [-0.39, 0.29) is 28.8 Å². The lowest BCUT2D eigenvalue weighted by atomic mass is 10.1. The lowest BCUT2D eigenvalue weighted by Crippen LogP contribution is -2.38. The van der Waals surface area contributed by atoms with E-state index in [9.17, 15) is 26.4 Å². The number of aliphatic imine (C=N–C) groups is 1. The quantitative estimate of drug-likeness (QED) is 0.734. The molecule has 2 aliphatic heterocycles. The topological polar surface area (TPSA) is 66.8 Å². The Morgan fingerprint density at radius 1 is 1.07 bits per heavy atom. The van der Waals surface area contributed by atoms with Crippen molar-refractivity contribution in [2.24, 2.45) is 4.99 Å². The van der Waals surface area contributed by atoms with Crippen LogP contribution in [0.1, 0.15) is 5.56 Å². The van der Waals surface area contributed by atoms with Crippen molar-refractivity contribution in [2.75, 3.05) is 16.4 Å². The molecule has 2 aliphatic rings. The first-order valence-corrected chi connectivity index (χ1v) is 11.4. The van der Waals surface area contributed by atoms with E-state index >= 15 is 0 Å². The lowest BCUT2D eigenvalue weighted by Gasteiger charge is -2.24. The molecule has 2 aromatic rings. The molecule has 2 heterocycles. The Kier molecular flexibility index (Phi) is 5.16. The molecule has 2 fully saturated rings. The maximum atomic E-state index is 14.4. The first-order chi connectivity index (χ1) is 13.7. The largest absolute Gasteiger partial charge is 0.313 e. The Morgan fingerprint density at radius 3 is 2.45 bits per heavy atom. The second-order valence-electron chi connectivity index (χ2n) is 6.86. The van der Waals surface area contributed by atoms with E-state index in [0.717, 1.165) is 17.8 Å². The molecule has 2 atom stereocenters. The fourth-order valence-corrected chi connectivity index (χ4v) is 7.37. The molecule has 0 saturated carbocycles. The highest BCUT2D eigenvalue weighted by Gasteiger charge is 2.50. The van der Waals surface area contributed by atoms with Crippen molar-refractivity contribution < 1.29 is 26.4 Å². The third-order valence-corrected chi connectivity index (χ3v) is 7.93. The summed E-state index contributed by atoms with van der Waals surface area (Å²) in [6, 6.07) is 7.78. The molecule has 0 unspecified atom stereocenters. The van der Waals surface area contributed by atoms with Gasteiger partial charge in [-0.3, -0.25) is 4.79 Å². The van der Waals surface area contributed by atoms with Crippen molar-refractivity contribution in [2.45, 2.75) is 17.7 Å². The lowest BCUT2D eigenvalue weighted by molar-refractivity contribution is -0.117. The zero-order chi connectivity index (χ0) is 20.8. The molecule has 2 aromatic carbocycles. The predicted octanol–water partition coefficient (Wildman–Crippen LogP) is 2.95. The van der Waals surface area contributed by atoms with Gasteiger partial charge >= 0.3 is 0 Å². The molecule has 1 amide bonds. The minimum atomic E-state index is -3.31. The number of hydrogen-bond donors (Lipinski definition) is 0. The average Bonchev–Trinajstić information content (AvgIpc) is 3.08. The van der Waals surface area contributed by atoms with Crippen molar-refractivity contribution in [3.63, 3.8) is 0 Å². The van der Waals surface area contributed by atoms with Gasteiger partial charge < -0.3 is 4.90 Å². The van der Waals surface area contributed by atoms with Gasteiger partial charge in [0.2, 0.25) is 0 Å². The normalized spacial score (nSPS) is 24.1. The van der Waals surface area contributed by atoms with Gasteiger partial charge in [-0.25, -0.2) is 21.6 Å². The monoisotopic (exact) mass is 440 g/mol. The van der Waals surface area contributed by atoms with Crippen LogP contribution in [0.5, 0.6) is 0 Å². The second-order valence-corrected chi connectivity index (χ2v) is 10.2. The summed E-state index contributed by atoms with van der Waals surface area (Å²) in [6.07, 6.45) is -0.0856. The van der Waals surface area contributed by atoms with Crippen LogP contribution in [0.3, 0.4) is 0 Å². The third kappa shape index (κ3) is 4.18. The fraction of sp³-hybridized carbons (Fsp3) is 0.263. The van der Waals surface area contributed by atoms with E-state index in [4.69, 9.17) is 0 Å². The molecule has 0 spiro atoms. The van der Waals surface area contributed by atoms with Gasteiger partial charge in [0.05, 0.1) is 29.7 Å². The Balaban J connectivity index is 1.66. The number of nitrogens with zero attached hydrogens (tertiary/aromatic N) is 2. The number of amides is 1. The number of rotatable bonds is 3. The Hall–Kier alpha value is -2.33. The van der Waals surface area contributed by atoms with Gasteiger partial charge in [-0.05, 0) is 29.8 Å². The summed E-state index contributed by atoms with van der Waals surface area (Å²) in [5.41, 5.74) is 0.530. The zero-order valence-electron chi connectivity index (χ0n) is 14.9. The van der Waals surface area contributed by atoms with Crippen LogP contribution in [0.4, 0.5) is 18.9 Å². The molecule has 0 aromatic heterocycles. The molecule has 4 rings (SSSR count). The molecule has 0 bridgehead atoms. The number of halogens is 3. The molecule has 0 N–H and O–H groups in total. The highest BCUT2D eigenvalue weighted by molar-refractivity contribution is 8.16. The standard InChI is InChI=1S/C19H15F3N2O3S2/c20-12-3-1-11(2-4-12)7-18(25)23-19-24(15-6-5-13(21)8-14(15)22)16-9-29(26,27)10-17(16)28-19/h1-6,8,16-17H,7,9-10H2/t16-,17+/m1/s1. The minimum absolute atomic E-state index is 0.0307. The first kappa shape index (κ1) is 20.0. The number of carbonyl (C=O) groups is 1. The van der Waals surface area contributed by atoms with E-state index < -0.39 is 44.5 Å². The maximum Gasteiger partial charge on any atom is 0.252 e. The summed E-state index contributed by atoms with van der Waals surface area (Å²) in [4.78, 5) is 17.9. The van der Waals surface area contributed by atoms with Gasteiger partial charge in [-0.2, -0.15) is 4.99 Å². The zero-order valence-corrected chi connectivity index (χ0v) is 16.5. The number of anilines is 1. The summed E-state index contributed by atoms with van der Waals surface area (Å²) in [5, 5.41) is -0.227. The van der Waals surface area contributed by atoms with Crippen molar-refractivity contribution >= 4 is 38.4 Å². The van der Waals surface area contributed by atoms with Gasteiger partial charge in [0.1, 0.15) is 17.5 Å². The van der Waals surface area contributed by atoms with E-state index in [1.165, 1.54) is 35.2 Å². The predicted molar refractivity (Wildman–Crippen MR) is 105 cm³/mol. The number of thioether (sulfide) groups is 1. The summed E-state index contributed by atoms with van der Waals surface area (Å²) in [6.45, 7) is 0. The number of carbonyl (C=O) groups excluding carboxylic acids is 1. The molecular formula is C19H15F3N2O3S2. The number of amidine groups is 1. The van der Waals surface area contributed by atoms with Gasteiger partial charge in [0, 0.05) is 11.3 Å². The van der Waals surface area contributed by atoms with Gasteiger partial charge in [-0.1, -0.05) is 23.9 Å². The highest BCUT2D eigenvalue weighted by atomic mass is 32.2. The average molecular weight is 440 g/mol. The molecule has 29 heavy (non-hydrogen) atoms. The Labute approximate surface area is 169 Å². The molecule has 10 heteroatoms. The molecule has 2 saturated heterocycles. The van der Waals surface area contributed by atoms with Gasteiger partial charge in [0.25, 0.3) is 5.91 Å². The highest BCUT2D eigenvalue weighted by Crippen LogP contribution is 2.41. The van der Waals surface area contributed by atoms with Crippen LogP contribution in [-0.4, -0.2) is 42.3 Å². The molecule has 5 nitrogen and oxygen atoms in total. The first-order valence-electron chi connectivity index (χ1n) is 8.69. The van der Waals surface area contributed by atoms with Crippen LogP contribution < -0.4 is 4.90 Å². The van der Waals surface area contributed by atoms with Crippen molar-refractivity contribution in [3.8, 4) is 0 Å². The molecular weight excluding hydrogens is 425 g/mol. The van der Waals surface area contributed by atoms with Crippen LogP contribution in [0.25, 0.3) is 0 Å². The van der Waals surface area contributed by atoms with E-state index in [1.54, 1.807) is 0 Å². The van der Waals surface area contributed by atoms with E-state index in [0.29, 0.717) is 11.6 Å². The molecule has 0 radical (unpaired) electrons. The van der Waals surface area contributed by atoms with Crippen molar-refractivity contribution in [1.29, 1.82) is 0 Å². The fourth-order valence-electron chi connectivity index (χ4n) is 3.45. The summed E-state index contributed by atoms with van der Waals surface area (Å²) in [5.74, 6) is -2.89. The molecule has 152 valence electrons. The SMILES string of the molecule is O=C(Cc1ccc(F)cc1)N=C1S[C@H]2CS(=O)(=O)C[C@H]2N1c1ccc(F)cc1F. The van der Waals surface area contributed by atoms with Crippen molar-refractivity contribution in [1.82, 2.24) is 0 Å². The number of benzene rings is 2. The maximum absolute atomic E-state index is 14.4. The summed E-state index contributed by atoms with van der Waals surface area (Å²) < 4.78 is 64.8. The summed E-state index contributed by atoms with van der Waals surface area (Å²) in [7, 11) is -3.31. The third-order valence-electron chi connectivity index (χ3n) is 4.72. The van der Waals surface area contributed by atoms with E-state index in [1.807, 2.05) is 0 Å². The Morgan fingerprint density at radius 2 is 1.76 bits per heavy atom. The molecule has 0 aliphatic carbocycles. The van der Waals surface area contributed by atoms with Gasteiger partial charge in [-0.15, -0.1) is 0 Å². The number of fused-ring (bicyclic) bond motifs is 1. The number of hydrogen-bond acceptors (Lipinski definition) is 4. The van der Waals surface area contributed by atoms with Gasteiger partial charge in [0.15, 0.2) is 15.0 Å². The smallest absolute Gasteiger partial charge is 0.252 e. The van der Waals surface area contributed by atoms with E-state index in [2.05, 4.69) is 4.99 Å². The number of sulfone groups is 1. The minimum Gasteiger partial charge on any atom is -0.313 e. The van der Waals surface area contributed by atoms with Crippen molar-refractivity contribution in [3.05, 3.63) is 65.5 Å². The van der Waals surface area contributed by atoms with Crippen LogP contribution in [0.15, 0.2) is 47.5 Å². The van der Waals surface area contributed by atoms with Crippen LogP contribution in [-0.2, 0) is 21.1 Å². The summed E-state index contributed by atoms with van der Waals surface area (Å²) >= 11 is 1.10. The second kappa shape index (κ2) is 7.49.